The lowest BCUT2D eigenvalue weighted by molar-refractivity contribution is 0.0668. The van der Waals surface area contributed by atoms with Gasteiger partial charge in [0, 0.05) is 43.3 Å². The number of thiazole rings is 1. The van der Waals surface area contributed by atoms with Crippen LogP contribution in [-0.2, 0) is 0 Å². The molecular weight excluding hydrogens is 324 g/mol. The normalized spacial score (nSPS) is 17.8. The van der Waals surface area contributed by atoms with Crippen LogP contribution in [0, 0.1) is 0 Å². The molecule has 1 amide bonds. The van der Waals surface area contributed by atoms with Gasteiger partial charge in [0.05, 0.1) is 12.2 Å². The van der Waals surface area contributed by atoms with Crippen LogP contribution in [-0.4, -0.2) is 48.6 Å². The van der Waals surface area contributed by atoms with Gasteiger partial charge in [-0.1, -0.05) is 0 Å². The molecule has 122 valence electrons. The van der Waals surface area contributed by atoms with E-state index in [0.717, 1.165) is 19.4 Å². The van der Waals surface area contributed by atoms with Gasteiger partial charge in [-0.05, 0) is 18.9 Å². The second kappa shape index (κ2) is 6.48. The van der Waals surface area contributed by atoms with E-state index in [2.05, 4.69) is 20.1 Å². The first-order valence-corrected chi connectivity index (χ1v) is 8.69. The molecule has 0 bridgehead atoms. The van der Waals surface area contributed by atoms with E-state index in [-0.39, 0.29) is 11.9 Å². The van der Waals surface area contributed by atoms with Crippen molar-refractivity contribution in [3.63, 3.8) is 0 Å². The van der Waals surface area contributed by atoms with E-state index in [0.29, 0.717) is 22.9 Å². The van der Waals surface area contributed by atoms with Crippen molar-refractivity contribution < 1.29 is 4.79 Å². The summed E-state index contributed by atoms with van der Waals surface area (Å²) in [5.74, 6) is -0.0294. The van der Waals surface area contributed by atoms with Gasteiger partial charge >= 0.3 is 0 Å². The van der Waals surface area contributed by atoms with E-state index >= 15 is 0 Å². The topological polar surface area (TPSA) is 76.8 Å². The zero-order valence-corrected chi connectivity index (χ0v) is 13.8. The first-order chi connectivity index (χ1) is 11.8. The van der Waals surface area contributed by atoms with Gasteiger partial charge in [0.1, 0.15) is 16.4 Å². The Morgan fingerprint density at radius 3 is 3.04 bits per heavy atom. The third-order valence-electron chi connectivity index (χ3n) is 4.09. The van der Waals surface area contributed by atoms with Crippen LogP contribution < -0.4 is 0 Å². The van der Waals surface area contributed by atoms with Gasteiger partial charge in [0.25, 0.3) is 5.91 Å². The van der Waals surface area contributed by atoms with Crippen molar-refractivity contribution in [1.82, 2.24) is 29.6 Å². The molecular formula is C16H16N6OS. The van der Waals surface area contributed by atoms with Gasteiger partial charge in [0.15, 0.2) is 0 Å². The number of rotatable bonds is 3. The van der Waals surface area contributed by atoms with E-state index in [4.69, 9.17) is 0 Å². The minimum Gasteiger partial charge on any atom is -0.335 e. The van der Waals surface area contributed by atoms with Gasteiger partial charge in [-0.15, -0.1) is 11.3 Å². The Hall–Kier alpha value is -2.61. The van der Waals surface area contributed by atoms with E-state index in [9.17, 15) is 4.79 Å². The maximum absolute atomic E-state index is 12.8. The average molecular weight is 340 g/mol. The Morgan fingerprint density at radius 2 is 2.25 bits per heavy atom. The number of hydrogen-bond donors (Lipinski definition) is 0. The minimum absolute atomic E-state index is 0.0294. The standard InChI is InChI=1S/C16H16N6OS/c23-16(14-11-24-15(20-14)13-9-17-5-6-18-13)21-7-1-3-12(10-21)22-8-2-4-19-22/h2,4-6,8-9,11-12H,1,3,7,10H2. The van der Waals surface area contributed by atoms with Crippen LogP contribution in [0.25, 0.3) is 10.7 Å². The van der Waals surface area contributed by atoms with Crippen LogP contribution in [0.1, 0.15) is 29.4 Å². The fourth-order valence-corrected chi connectivity index (χ4v) is 3.67. The number of hydrogen-bond acceptors (Lipinski definition) is 6. The molecule has 0 radical (unpaired) electrons. The molecule has 0 aliphatic carbocycles. The Labute approximate surface area is 143 Å². The summed E-state index contributed by atoms with van der Waals surface area (Å²) in [5.41, 5.74) is 1.16. The summed E-state index contributed by atoms with van der Waals surface area (Å²) in [4.78, 5) is 27.3. The van der Waals surface area contributed by atoms with Crippen LogP contribution in [0.2, 0.25) is 0 Å². The highest BCUT2D eigenvalue weighted by Crippen LogP contribution is 2.25. The number of carbonyl (C=O) groups excluding carboxylic acids is 1. The molecule has 1 aliphatic heterocycles. The Balaban J connectivity index is 1.50. The number of aromatic nitrogens is 5. The van der Waals surface area contributed by atoms with E-state index in [1.807, 2.05) is 21.8 Å². The van der Waals surface area contributed by atoms with Gasteiger partial charge in [-0.2, -0.15) is 5.10 Å². The minimum atomic E-state index is -0.0294. The molecule has 3 aromatic heterocycles. The summed E-state index contributed by atoms with van der Waals surface area (Å²) in [7, 11) is 0. The van der Waals surface area contributed by atoms with Crippen LogP contribution in [0.4, 0.5) is 0 Å². The summed E-state index contributed by atoms with van der Waals surface area (Å²) in [6.45, 7) is 1.42. The molecule has 4 heterocycles. The van der Waals surface area contributed by atoms with Crippen molar-refractivity contribution >= 4 is 17.2 Å². The predicted molar refractivity (Wildman–Crippen MR) is 89.5 cm³/mol. The van der Waals surface area contributed by atoms with Crippen molar-refractivity contribution in [3.8, 4) is 10.7 Å². The Morgan fingerprint density at radius 1 is 1.29 bits per heavy atom. The zero-order valence-electron chi connectivity index (χ0n) is 12.9. The highest BCUT2D eigenvalue weighted by Gasteiger charge is 2.27. The van der Waals surface area contributed by atoms with Crippen molar-refractivity contribution in [3.05, 3.63) is 48.1 Å². The lowest BCUT2D eigenvalue weighted by atomic mass is 10.1. The fraction of sp³-hybridized carbons (Fsp3) is 0.312. The van der Waals surface area contributed by atoms with Crippen molar-refractivity contribution in [2.45, 2.75) is 18.9 Å². The third-order valence-corrected chi connectivity index (χ3v) is 4.95. The Bertz CT molecular complexity index is 816. The van der Waals surface area contributed by atoms with Gasteiger partial charge in [-0.3, -0.25) is 19.4 Å². The summed E-state index contributed by atoms with van der Waals surface area (Å²) >= 11 is 1.41. The molecule has 1 saturated heterocycles. The second-order valence-corrected chi connectivity index (χ2v) is 6.52. The number of piperidine rings is 1. The molecule has 0 saturated carbocycles. The molecule has 0 aromatic carbocycles. The van der Waals surface area contributed by atoms with Gasteiger partial charge in [-0.25, -0.2) is 4.98 Å². The van der Waals surface area contributed by atoms with E-state index in [1.54, 1.807) is 30.2 Å². The molecule has 1 fully saturated rings. The van der Waals surface area contributed by atoms with Crippen LogP contribution in [0.5, 0.6) is 0 Å². The number of amides is 1. The SMILES string of the molecule is O=C(c1csc(-c2cnccn2)n1)N1CCCC(n2cccn2)C1. The average Bonchev–Trinajstić information content (AvgIpc) is 3.34. The smallest absolute Gasteiger partial charge is 0.273 e. The summed E-state index contributed by atoms with van der Waals surface area (Å²) < 4.78 is 1.94. The Kier molecular flexibility index (Phi) is 4.04. The first-order valence-electron chi connectivity index (χ1n) is 7.81. The van der Waals surface area contributed by atoms with Crippen LogP contribution >= 0.6 is 11.3 Å². The largest absolute Gasteiger partial charge is 0.335 e. The highest BCUT2D eigenvalue weighted by molar-refractivity contribution is 7.13. The summed E-state index contributed by atoms with van der Waals surface area (Å²) in [6, 6.07) is 2.14. The number of carbonyl (C=O) groups is 1. The molecule has 8 heteroatoms. The monoisotopic (exact) mass is 340 g/mol. The fourth-order valence-electron chi connectivity index (χ4n) is 2.91. The molecule has 4 rings (SSSR count). The molecule has 1 unspecified atom stereocenters. The molecule has 1 aliphatic rings. The molecule has 1 atom stereocenters. The van der Waals surface area contributed by atoms with Gasteiger partial charge in [0.2, 0.25) is 0 Å². The maximum Gasteiger partial charge on any atom is 0.273 e. The molecule has 0 N–H and O–H groups in total. The van der Waals surface area contributed by atoms with Crippen molar-refractivity contribution in [1.29, 1.82) is 0 Å². The van der Waals surface area contributed by atoms with Gasteiger partial charge < -0.3 is 4.90 Å². The summed E-state index contributed by atoms with van der Waals surface area (Å²) in [6.07, 6.45) is 10.6. The predicted octanol–water partition coefficient (Wildman–Crippen LogP) is 2.27. The van der Waals surface area contributed by atoms with Crippen LogP contribution in [0.15, 0.2) is 42.4 Å². The zero-order chi connectivity index (χ0) is 16.4. The van der Waals surface area contributed by atoms with Crippen molar-refractivity contribution in [2.24, 2.45) is 0 Å². The van der Waals surface area contributed by atoms with E-state index in [1.165, 1.54) is 11.3 Å². The lowest BCUT2D eigenvalue weighted by Crippen LogP contribution is -2.41. The van der Waals surface area contributed by atoms with Crippen molar-refractivity contribution in [2.75, 3.05) is 13.1 Å². The van der Waals surface area contributed by atoms with E-state index < -0.39 is 0 Å². The third kappa shape index (κ3) is 2.92. The second-order valence-electron chi connectivity index (χ2n) is 5.66. The lowest BCUT2D eigenvalue weighted by Gasteiger charge is -2.32. The molecule has 7 nitrogen and oxygen atoms in total. The molecule has 3 aromatic rings. The number of likely N-dealkylation sites (tertiary alicyclic amines) is 1. The quantitative estimate of drug-likeness (QED) is 0.731. The molecule has 24 heavy (non-hydrogen) atoms. The number of nitrogens with zero attached hydrogens (tertiary/aromatic N) is 6. The summed E-state index contributed by atoms with van der Waals surface area (Å²) in [5, 5.41) is 6.81. The first kappa shape index (κ1) is 14.9. The van der Waals surface area contributed by atoms with Crippen LogP contribution in [0.3, 0.4) is 0 Å². The molecule has 0 spiro atoms. The maximum atomic E-state index is 12.8. The highest BCUT2D eigenvalue weighted by atomic mass is 32.1.